The van der Waals surface area contributed by atoms with E-state index in [9.17, 15) is 9.59 Å². The van der Waals surface area contributed by atoms with Gasteiger partial charge in [0.25, 0.3) is 0 Å². The van der Waals surface area contributed by atoms with Gasteiger partial charge in [-0.2, -0.15) is 0 Å². The van der Waals surface area contributed by atoms with E-state index >= 15 is 0 Å². The number of rotatable bonds is 2. The van der Waals surface area contributed by atoms with Gasteiger partial charge in [0.15, 0.2) is 0 Å². The average molecular weight is 257 g/mol. The quantitative estimate of drug-likeness (QED) is 0.659. The second kappa shape index (κ2) is 6.54. The third kappa shape index (κ3) is 8.75. The largest absolute Gasteiger partial charge is 0.478 e. The van der Waals surface area contributed by atoms with Crippen LogP contribution in [0.2, 0.25) is 0 Å². The molecule has 104 valence electrons. The molecule has 0 aromatic heterocycles. The van der Waals surface area contributed by atoms with E-state index in [0.29, 0.717) is 23.2 Å². The summed E-state index contributed by atoms with van der Waals surface area (Å²) >= 11 is 0. The lowest BCUT2D eigenvalue weighted by Gasteiger charge is -2.42. The van der Waals surface area contributed by atoms with Crippen molar-refractivity contribution >= 4 is 11.9 Å². The third-order valence-corrected chi connectivity index (χ3v) is 2.65. The minimum Gasteiger partial charge on any atom is -0.478 e. The minimum absolute atomic E-state index is 0.363. The molecule has 3 N–H and O–H groups in total. The molecule has 1 aliphatic heterocycles. The summed E-state index contributed by atoms with van der Waals surface area (Å²) in [5.41, 5.74) is 0.726. The first kappa shape index (κ1) is 16.6. The first-order valence-corrected chi connectivity index (χ1v) is 5.97. The van der Waals surface area contributed by atoms with Crippen LogP contribution in [0.15, 0.2) is 12.2 Å². The maximum atomic E-state index is 9.55. The fourth-order valence-corrected chi connectivity index (χ4v) is 2.16. The number of piperidine rings is 1. The second-order valence-corrected chi connectivity index (χ2v) is 5.76. The standard InChI is InChI=1S/C9H19N.C4H4O4/c1-8(2)6-5-7-9(3,4)10-8;5-3(6)1-2-4(7)8/h10H,5-7H2,1-4H3;1-2H,(H,5,6)(H,7,8). The van der Waals surface area contributed by atoms with Crippen molar-refractivity contribution in [2.45, 2.75) is 58.0 Å². The summed E-state index contributed by atoms with van der Waals surface area (Å²) < 4.78 is 0. The van der Waals surface area contributed by atoms with Gasteiger partial charge in [-0.05, 0) is 47.0 Å². The van der Waals surface area contributed by atoms with Crippen LogP contribution in [0, 0.1) is 0 Å². The summed E-state index contributed by atoms with van der Waals surface area (Å²) in [5.74, 6) is -2.51. The lowest BCUT2D eigenvalue weighted by molar-refractivity contribution is -0.134. The molecule has 0 unspecified atom stereocenters. The maximum Gasteiger partial charge on any atom is 0.328 e. The van der Waals surface area contributed by atoms with Crippen LogP contribution in [-0.2, 0) is 9.59 Å². The van der Waals surface area contributed by atoms with E-state index in [4.69, 9.17) is 10.2 Å². The molecule has 0 spiro atoms. The molecule has 0 amide bonds. The summed E-state index contributed by atoms with van der Waals surface area (Å²) in [6.07, 6.45) is 5.12. The first-order chi connectivity index (χ1) is 8.04. The van der Waals surface area contributed by atoms with E-state index in [2.05, 4.69) is 33.0 Å². The van der Waals surface area contributed by atoms with E-state index in [1.807, 2.05) is 0 Å². The van der Waals surface area contributed by atoms with Crippen molar-refractivity contribution in [2.75, 3.05) is 0 Å². The maximum absolute atomic E-state index is 9.55. The molecule has 1 fully saturated rings. The Morgan fingerprint density at radius 2 is 1.28 bits per heavy atom. The Balaban J connectivity index is 0.000000331. The average Bonchev–Trinajstić information content (AvgIpc) is 2.11. The van der Waals surface area contributed by atoms with Crippen LogP contribution in [0.25, 0.3) is 0 Å². The van der Waals surface area contributed by atoms with Crippen LogP contribution in [-0.4, -0.2) is 33.2 Å². The second-order valence-electron chi connectivity index (χ2n) is 5.76. The SMILES string of the molecule is CC1(C)CCCC(C)(C)N1.O=C(O)C=CC(=O)O. The summed E-state index contributed by atoms with van der Waals surface area (Å²) in [6, 6.07) is 0. The molecule has 5 nitrogen and oxygen atoms in total. The topological polar surface area (TPSA) is 86.6 Å². The van der Waals surface area contributed by atoms with Crippen molar-refractivity contribution in [3.63, 3.8) is 0 Å². The van der Waals surface area contributed by atoms with Crippen LogP contribution in [0.4, 0.5) is 0 Å². The zero-order valence-corrected chi connectivity index (χ0v) is 11.5. The van der Waals surface area contributed by atoms with Crippen LogP contribution >= 0.6 is 0 Å². The number of carboxylic acid groups (broad SMARTS) is 2. The molecular formula is C13H23NO4. The predicted octanol–water partition coefficient (Wildman–Crippen LogP) is 2.03. The lowest BCUT2D eigenvalue weighted by atomic mass is 9.83. The Morgan fingerprint density at radius 1 is 0.944 bits per heavy atom. The summed E-state index contributed by atoms with van der Waals surface area (Å²) in [7, 11) is 0. The number of aliphatic carboxylic acids is 2. The van der Waals surface area contributed by atoms with Gasteiger partial charge in [-0.3, -0.25) is 0 Å². The Morgan fingerprint density at radius 3 is 1.44 bits per heavy atom. The van der Waals surface area contributed by atoms with Gasteiger partial charge in [-0.15, -0.1) is 0 Å². The normalized spacial score (nSPS) is 20.9. The Bertz CT molecular complexity index is 302. The molecule has 0 atom stereocenters. The molecule has 1 saturated heterocycles. The van der Waals surface area contributed by atoms with E-state index in [1.165, 1.54) is 19.3 Å². The summed E-state index contributed by atoms with van der Waals surface area (Å²) in [5, 5.41) is 19.3. The zero-order chi connectivity index (χ0) is 14.4. The highest BCUT2D eigenvalue weighted by atomic mass is 16.4. The van der Waals surface area contributed by atoms with Gasteiger partial charge in [0.1, 0.15) is 0 Å². The van der Waals surface area contributed by atoms with Gasteiger partial charge in [-0.1, -0.05) is 0 Å². The van der Waals surface area contributed by atoms with Crippen molar-refractivity contribution < 1.29 is 19.8 Å². The van der Waals surface area contributed by atoms with Gasteiger partial charge >= 0.3 is 11.9 Å². The summed E-state index contributed by atoms with van der Waals surface area (Å²) in [6.45, 7) is 9.14. The number of hydrogen-bond donors (Lipinski definition) is 3. The third-order valence-electron chi connectivity index (χ3n) is 2.65. The molecule has 1 aliphatic rings. The highest BCUT2D eigenvalue weighted by Gasteiger charge is 2.31. The van der Waals surface area contributed by atoms with Crippen LogP contribution in [0.3, 0.4) is 0 Å². The molecule has 18 heavy (non-hydrogen) atoms. The van der Waals surface area contributed by atoms with Gasteiger partial charge in [-0.25, -0.2) is 9.59 Å². The highest BCUT2D eigenvalue weighted by molar-refractivity contribution is 5.89. The van der Waals surface area contributed by atoms with Gasteiger partial charge in [0, 0.05) is 23.2 Å². The van der Waals surface area contributed by atoms with E-state index in [0.717, 1.165) is 0 Å². The Kier molecular flexibility index (Phi) is 6.05. The summed E-state index contributed by atoms with van der Waals surface area (Å²) in [4.78, 5) is 19.1. The highest BCUT2D eigenvalue weighted by Crippen LogP contribution is 2.27. The molecule has 1 heterocycles. The van der Waals surface area contributed by atoms with Crippen LogP contribution < -0.4 is 5.32 Å². The minimum atomic E-state index is -1.26. The lowest BCUT2D eigenvalue weighted by Crippen LogP contribution is -2.55. The van der Waals surface area contributed by atoms with E-state index in [1.54, 1.807) is 0 Å². The molecular weight excluding hydrogens is 234 g/mol. The number of carboxylic acids is 2. The smallest absolute Gasteiger partial charge is 0.328 e. The first-order valence-electron chi connectivity index (χ1n) is 5.97. The van der Waals surface area contributed by atoms with Crippen molar-refractivity contribution in [1.82, 2.24) is 5.32 Å². The molecule has 0 aromatic rings. The molecule has 1 rings (SSSR count). The Labute approximate surface area is 108 Å². The van der Waals surface area contributed by atoms with Crippen LogP contribution in [0.5, 0.6) is 0 Å². The van der Waals surface area contributed by atoms with Crippen molar-refractivity contribution in [3.8, 4) is 0 Å². The van der Waals surface area contributed by atoms with Crippen molar-refractivity contribution in [3.05, 3.63) is 12.2 Å². The number of carbonyl (C=O) groups is 2. The molecule has 0 radical (unpaired) electrons. The molecule has 0 bridgehead atoms. The zero-order valence-electron chi connectivity index (χ0n) is 11.5. The number of nitrogens with one attached hydrogen (secondary N) is 1. The fourth-order valence-electron chi connectivity index (χ4n) is 2.16. The van der Waals surface area contributed by atoms with Gasteiger partial charge in [0.05, 0.1) is 0 Å². The van der Waals surface area contributed by atoms with Crippen molar-refractivity contribution in [2.24, 2.45) is 0 Å². The molecule has 0 aromatic carbocycles. The predicted molar refractivity (Wildman–Crippen MR) is 69.6 cm³/mol. The van der Waals surface area contributed by atoms with Gasteiger partial charge in [0.2, 0.25) is 0 Å². The molecule has 0 saturated carbocycles. The van der Waals surface area contributed by atoms with E-state index in [-0.39, 0.29) is 0 Å². The van der Waals surface area contributed by atoms with E-state index < -0.39 is 11.9 Å². The van der Waals surface area contributed by atoms with Crippen LogP contribution in [0.1, 0.15) is 47.0 Å². The molecule has 5 heteroatoms. The van der Waals surface area contributed by atoms with Crippen molar-refractivity contribution in [1.29, 1.82) is 0 Å². The van der Waals surface area contributed by atoms with Gasteiger partial charge < -0.3 is 15.5 Å². The monoisotopic (exact) mass is 257 g/mol. The Hall–Kier alpha value is -1.36. The fraction of sp³-hybridized carbons (Fsp3) is 0.692. The molecule has 0 aliphatic carbocycles. The number of hydrogen-bond acceptors (Lipinski definition) is 3.